The topological polar surface area (TPSA) is 53.4 Å². The first-order valence-corrected chi connectivity index (χ1v) is 6.74. The maximum absolute atomic E-state index is 13.3. The molecular formula is C15H14ClFN2O2. The van der Waals surface area contributed by atoms with E-state index in [2.05, 4.69) is 4.98 Å². The lowest BCUT2D eigenvalue weighted by Gasteiger charge is -2.23. The van der Waals surface area contributed by atoms with Crippen molar-refractivity contribution in [1.29, 1.82) is 0 Å². The molecule has 1 amide bonds. The van der Waals surface area contributed by atoms with Gasteiger partial charge in [0.1, 0.15) is 16.7 Å². The van der Waals surface area contributed by atoms with Crippen LogP contribution in [0.15, 0.2) is 30.5 Å². The second-order valence-corrected chi connectivity index (χ2v) is 4.87. The van der Waals surface area contributed by atoms with Crippen molar-refractivity contribution in [3.05, 3.63) is 52.6 Å². The summed E-state index contributed by atoms with van der Waals surface area (Å²) in [6.45, 7) is 3.94. The molecule has 0 aliphatic carbocycles. The minimum absolute atomic E-state index is 0.0127. The number of carbonyl (C=O) groups excluding carboxylic acids is 1. The molecule has 2 rings (SSSR count). The van der Waals surface area contributed by atoms with Crippen LogP contribution in [0.5, 0.6) is 5.75 Å². The van der Waals surface area contributed by atoms with Crippen LogP contribution in [0.4, 0.5) is 10.1 Å². The summed E-state index contributed by atoms with van der Waals surface area (Å²) in [5.74, 6) is -1.06. The summed E-state index contributed by atoms with van der Waals surface area (Å²) in [6.07, 6.45) is 0.953. The Morgan fingerprint density at radius 2 is 2.14 bits per heavy atom. The molecule has 6 heteroatoms. The average Bonchev–Trinajstić information content (AvgIpc) is 2.46. The van der Waals surface area contributed by atoms with Gasteiger partial charge >= 0.3 is 0 Å². The van der Waals surface area contributed by atoms with Gasteiger partial charge in [0.25, 0.3) is 5.91 Å². The van der Waals surface area contributed by atoms with Gasteiger partial charge < -0.3 is 10.0 Å². The van der Waals surface area contributed by atoms with E-state index in [1.807, 2.05) is 6.92 Å². The number of rotatable bonds is 3. The van der Waals surface area contributed by atoms with E-state index in [9.17, 15) is 14.3 Å². The summed E-state index contributed by atoms with van der Waals surface area (Å²) in [5, 5.41) is 9.54. The second kappa shape index (κ2) is 6.10. The van der Waals surface area contributed by atoms with E-state index in [1.165, 1.54) is 17.0 Å². The summed E-state index contributed by atoms with van der Waals surface area (Å²) >= 11 is 5.88. The third kappa shape index (κ3) is 3.13. The van der Waals surface area contributed by atoms with Gasteiger partial charge in [0, 0.05) is 12.6 Å². The van der Waals surface area contributed by atoms with Crippen molar-refractivity contribution in [1.82, 2.24) is 4.98 Å². The van der Waals surface area contributed by atoms with E-state index in [4.69, 9.17) is 11.6 Å². The minimum atomic E-state index is -0.633. The maximum Gasteiger partial charge on any atom is 0.261 e. The number of aromatic hydroxyl groups is 1. The van der Waals surface area contributed by atoms with Crippen LogP contribution >= 0.6 is 11.6 Å². The van der Waals surface area contributed by atoms with Crippen LogP contribution < -0.4 is 4.90 Å². The van der Waals surface area contributed by atoms with Crippen molar-refractivity contribution in [2.45, 2.75) is 13.8 Å². The Bertz CT molecular complexity index is 691. The van der Waals surface area contributed by atoms with E-state index >= 15 is 0 Å². The van der Waals surface area contributed by atoms with Gasteiger partial charge in [-0.15, -0.1) is 0 Å². The number of anilines is 1. The number of amides is 1. The first kappa shape index (κ1) is 15.3. The number of hydrogen-bond acceptors (Lipinski definition) is 3. The van der Waals surface area contributed by atoms with Crippen molar-refractivity contribution in [3.63, 3.8) is 0 Å². The number of aryl methyl sites for hydroxylation is 1. The van der Waals surface area contributed by atoms with Crippen LogP contribution in [0.25, 0.3) is 0 Å². The lowest BCUT2D eigenvalue weighted by Crippen LogP contribution is -2.31. The molecule has 0 fully saturated rings. The molecule has 0 bridgehead atoms. The summed E-state index contributed by atoms with van der Waals surface area (Å²) in [4.78, 5) is 17.6. The highest BCUT2D eigenvalue weighted by atomic mass is 35.5. The Hall–Kier alpha value is -2.14. The first-order chi connectivity index (χ1) is 9.93. The predicted molar refractivity (Wildman–Crippen MR) is 79.4 cm³/mol. The highest BCUT2D eigenvalue weighted by Gasteiger charge is 2.21. The second-order valence-electron chi connectivity index (χ2n) is 4.51. The number of benzene rings is 1. The van der Waals surface area contributed by atoms with Crippen molar-refractivity contribution >= 4 is 23.2 Å². The Morgan fingerprint density at radius 3 is 2.81 bits per heavy atom. The molecule has 21 heavy (non-hydrogen) atoms. The van der Waals surface area contributed by atoms with Crippen molar-refractivity contribution in [2.24, 2.45) is 0 Å². The molecule has 0 saturated heterocycles. The zero-order valence-electron chi connectivity index (χ0n) is 11.6. The van der Waals surface area contributed by atoms with Crippen molar-refractivity contribution in [2.75, 3.05) is 11.4 Å². The lowest BCUT2D eigenvalue weighted by atomic mass is 10.1. The van der Waals surface area contributed by atoms with Crippen molar-refractivity contribution < 1.29 is 14.3 Å². The highest BCUT2D eigenvalue weighted by molar-refractivity contribution is 6.33. The third-order valence-electron chi connectivity index (χ3n) is 3.08. The normalized spacial score (nSPS) is 10.5. The molecule has 110 valence electrons. The molecule has 4 nitrogen and oxygen atoms in total. The zero-order chi connectivity index (χ0) is 15.6. The van der Waals surface area contributed by atoms with Crippen LogP contribution in [-0.2, 0) is 0 Å². The molecule has 0 spiro atoms. The van der Waals surface area contributed by atoms with Gasteiger partial charge in [0.15, 0.2) is 0 Å². The molecule has 1 aromatic carbocycles. The quantitative estimate of drug-likeness (QED) is 0.882. The summed E-state index contributed by atoms with van der Waals surface area (Å²) in [5.41, 5.74) is 1.34. The standard InChI is InChI=1S/C15H14ClFN2O2/c1-3-19(13-7-11(20)5-4-9(13)2)15(21)12-6-10(17)8-18-14(12)16/h4-8,20H,3H2,1-2H3. The molecule has 1 aromatic heterocycles. The van der Waals surface area contributed by atoms with Crippen LogP contribution in [0.3, 0.4) is 0 Å². The smallest absolute Gasteiger partial charge is 0.261 e. The number of hydrogen-bond donors (Lipinski definition) is 1. The van der Waals surface area contributed by atoms with Gasteiger partial charge in [0.2, 0.25) is 0 Å². The highest BCUT2D eigenvalue weighted by Crippen LogP contribution is 2.27. The molecule has 0 unspecified atom stereocenters. The fraction of sp³-hybridized carbons (Fsp3) is 0.200. The van der Waals surface area contributed by atoms with E-state index in [0.29, 0.717) is 12.2 Å². The average molecular weight is 309 g/mol. The Labute approximate surface area is 126 Å². The van der Waals surface area contributed by atoms with Crippen LogP contribution in [-0.4, -0.2) is 22.5 Å². The number of aromatic nitrogens is 1. The van der Waals surface area contributed by atoms with Crippen LogP contribution in [0.2, 0.25) is 5.15 Å². The third-order valence-corrected chi connectivity index (χ3v) is 3.38. The molecule has 0 atom stereocenters. The number of halogens is 2. The van der Waals surface area contributed by atoms with Crippen molar-refractivity contribution in [3.8, 4) is 5.75 Å². The van der Waals surface area contributed by atoms with Gasteiger partial charge in [-0.25, -0.2) is 9.37 Å². The van der Waals surface area contributed by atoms with E-state index in [-0.39, 0.29) is 16.5 Å². The monoisotopic (exact) mass is 308 g/mol. The summed E-state index contributed by atoms with van der Waals surface area (Å²) < 4.78 is 13.3. The number of nitrogens with zero attached hydrogens (tertiary/aromatic N) is 2. The lowest BCUT2D eigenvalue weighted by molar-refractivity contribution is 0.0987. The maximum atomic E-state index is 13.3. The van der Waals surface area contributed by atoms with Gasteiger partial charge in [-0.05, 0) is 31.5 Å². The molecule has 1 heterocycles. The molecular weight excluding hydrogens is 295 g/mol. The number of phenols is 1. The molecule has 0 aliphatic heterocycles. The SMILES string of the molecule is CCN(C(=O)c1cc(F)cnc1Cl)c1cc(O)ccc1C. The summed E-state index contributed by atoms with van der Waals surface area (Å²) in [7, 11) is 0. The van der Waals surface area contributed by atoms with E-state index < -0.39 is 11.7 Å². The first-order valence-electron chi connectivity index (χ1n) is 6.36. The summed E-state index contributed by atoms with van der Waals surface area (Å²) in [6, 6.07) is 5.77. The predicted octanol–water partition coefficient (Wildman–Crippen LogP) is 3.55. The van der Waals surface area contributed by atoms with E-state index in [1.54, 1.807) is 13.0 Å². The van der Waals surface area contributed by atoms with E-state index in [0.717, 1.165) is 17.8 Å². The Kier molecular flexibility index (Phi) is 4.43. The Balaban J connectivity index is 2.48. The molecule has 0 saturated carbocycles. The fourth-order valence-corrected chi connectivity index (χ4v) is 2.21. The number of pyridine rings is 1. The van der Waals surface area contributed by atoms with Gasteiger partial charge in [-0.1, -0.05) is 17.7 Å². The van der Waals surface area contributed by atoms with Crippen LogP contribution in [0.1, 0.15) is 22.8 Å². The molecule has 1 N–H and O–H groups in total. The number of carbonyl (C=O) groups is 1. The molecule has 0 aliphatic rings. The largest absolute Gasteiger partial charge is 0.508 e. The number of phenolic OH excluding ortho intramolecular Hbond substituents is 1. The fourth-order valence-electron chi connectivity index (χ4n) is 2.03. The van der Waals surface area contributed by atoms with Gasteiger partial charge in [0.05, 0.1) is 17.4 Å². The van der Waals surface area contributed by atoms with Gasteiger partial charge in [-0.2, -0.15) is 0 Å². The molecule has 2 aromatic rings. The zero-order valence-corrected chi connectivity index (χ0v) is 12.4. The Morgan fingerprint density at radius 1 is 1.43 bits per heavy atom. The molecule has 0 radical (unpaired) electrons. The van der Waals surface area contributed by atoms with Gasteiger partial charge in [-0.3, -0.25) is 4.79 Å². The van der Waals surface area contributed by atoms with Crippen LogP contribution in [0, 0.1) is 12.7 Å². The minimum Gasteiger partial charge on any atom is -0.508 e.